The van der Waals surface area contributed by atoms with Gasteiger partial charge >= 0.3 is 12.3 Å². The monoisotopic (exact) mass is 365 g/mol. The lowest BCUT2D eigenvalue weighted by Crippen LogP contribution is -2.17. The van der Waals surface area contributed by atoms with Gasteiger partial charge in [0.05, 0.1) is 16.6 Å². The number of aromatic nitrogens is 2. The number of aromatic carboxylic acids is 1. The third-order valence-electron chi connectivity index (χ3n) is 3.80. The number of halogens is 3. The molecule has 0 atom stereocenters. The van der Waals surface area contributed by atoms with E-state index in [1.165, 1.54) is 30.3 Å². The van der Waals surface area contributed by atoms with Crippen molar-refractivity contribution in [2.45, 2.75) is 13.3 Å². The first-order valence-electron chi connectivity index (χ1n) is 7.47. The normalized spacial score (nSPS) is 11.6. The second-order valence-corrected chi connectivity index (χ2v) is 5.65. The molecule has 2 aromatic carbocycles. The second-order valence-electron chi connectivity index (χ2n) is 5.65. The zero-order valence-electron chi connectivity index (χ0n) is 13.8. The maximum atomic E-state index is 12.2. The highest BCUT2D eigenvalue weighted by Gasteiger charge is 2.30. The predicted molar refractivity (Wildman–Crippen MR) is 88.8 cm³/mol. The molecule has 1 aromatic heterocycles. The van der Waals surface area contributed by atoms with E-state index in [0.717, 1.165) is 5.52 Å². The first kappa shape index (κ1) is 17.6. The second kappa shape index (κ2) is 6.25. The van der Waals surface area contributed by atoms with Gasteiger partial charge in [0.15, 0.2) is 0 Å². The molecule has 0 aliphatic heterocycles. The maximum Gasteiger partial charge on any atom is 0.573 e. The molecule has 0 bridgehead atoms. The smallest absolute Gasteiger partial charge is 0.478 e. The molecule has 0 radical (unpaired) electrons. The Balaban J connectivity index is 1.89. The summed E-state index contributed by atoms with van der Waals surface area (Å²) in [6.45, 7) is 1.70. The zero-order chi connectivity index (χ0) is 19.1. The number of imidazole rings is 1. The van der Waals surface area contributed by atoms with Crippen molar-refractivity contribution in [1.82, 2.24) is 9.55 Å². The number of ether oxygens (including phenoxy) is 1. The van der Waals surface area contributed by atoms with Crippen LogP contribution in [0.25, 0.3) is 11.0 Å². The molecule has 0 aliphatic carbocycles. The lowest BCUT2D eigenvalue weighted by Gasteiger charge is -2.10. The van der Waals surface area contributed by atoms with Gasteiger partial charge in [0.25, 0.3) is 0 Å². The number of aryl methyl sites for hydroxylation is 2. The summed E-state index contributed by atoms with van der Waals surface area (Å²) in [5.74, 6) is -0.939. The summed E-state index contributed by atoms with van der Waals surface area (Å²) in [4.78, 5) is 15.6. The number of nitrogens with zero attached hydrogens (tertiary/aromatic N) is 2. The molecule has 0 amide bonds. The minimum absolute atomic E-state index is 0.163. The number of nitrogens with one attached hydrogen (secondary N) is 1. The summed E-state index contributed by atoms with van der Waals surface area (Å²) < 4.78 is 42.1. The Morgan fingerprint density at radius 1 is 1.23 bits per heavy atom. The van der Waals surface area contributed by atoms with Crippen molar-refractivity contribution in [3.8, 4) is 5.75 Å². The van der Waals surface area contributed by atoms with Crippen LogP contribution < -0.4 is 10.1 Å². The van der Waals surface area contributed by atoms with Gasteiger partial charge in [-0.1, -0.05) is 0 Å². The van der Waals surface area contributed by atoms with Crippen LogP contribution in [0.4, 0.5) is 24.8 Å². The summed E-state index contributed by atoms with van der Waals surface area (Å²) in [6.07, 6.45) is -4.74. The van der Waals surface area contributed by atoms with E-state index < -0.39 is 12.3 Å². The molecular weight excluding hydrogens is 351 g/mol. The number of anilines is 2. The van der Waals surface area contributed by atoms with Crippen molar-refractivity contribution in [3.05, 3.63) is 47.5 Å². The van der Waals surface area contributed by atoms with Crippen molar-refractivity contribution in [3.63, 3.8) is 0 Å². The fourth-order valence-corrected chi connectivity index (χ4v) is 2.55. The molecule has 0 saturated heterocycles. The Kier molecular flexibility index (Phi) is 4.23. The lowest BCUT2D eigenvalue weighted by atomic mass is 10.1. The molecule has 136 valence electrons. The summed E-state index contributed by atoms with van der Waals surface area (Å²) >= 11 is 0. The molecular formula is C17H14F3N3O3. The molecule has 6 nitrogen and oxygen atoms in total. The van der Waals surface area contributed by atoms with E-state index in [9.17, 15) is 23.1 Å². The molecule has 0 spiro atoms. The Labute approximate surface area is 145 Å². The average molecular weight is 365 g/mol. The number of carboxylic acids is 1. The van der Waals surface area contributed by atoms with Crippen molar-refractivity contribution in [2.75, 3.05) is 5.32 Å². The molecule has 0 fully saturated rings. The van der Waals surface area contributed by atoms with Crippen molar-refractivity contribution < 1.29 is 27.8 Å². The molecule has 9 heteroatoms. The van der Waals surface area contributed by atoms with Crippen LogP contribution in [0.3, 0.4) is 0 Å². The van der Waals surface area contributed by atoms with E-state index in [1.54, 1.807) is 24.6 Å². The summed E-state index contributed by atoms with van der Waals surface area (Å²) in [7, 11) is 1.75. The highest BCUT2D eigenvalue weighted by molar-refractivity contribution is 5.95. The van der Waals surface area contributed by atoms with Gasteiger partial charge in [0, 0.05) is 12.7 Å². The topological polar surface area (TPSA) is 76.4 Å². The Hall–Kier alpha value is -3.23. The van der Waals surface area contributed by atoms with Crippen molar-refractivity contribution in [2.24, 2.45) is 7.05 Å². The minimum atomic E-state index is -4.74. The Morgan fingerprint density at radius 2 is 1.88 bits per heavy atom. The standard InChI is InChI=1S/C17H14F3N3O3/c1-9-7-14-13(8-12(9)15(24)25)22-16(23(14)2)21-10-3-5-11(6-4-10)26-17(18,19)20/h3-8H,1-2H3,(H,21,22)(H,24,25). The van der Waals surface area contributed by atoms with Crippen molar-refractivity contribution in [1.29, 1.82) is 0 Å². The molecule has 0 unspecified atom stereocenters. The molecule has 26 heavy (non-hydrogen) atoms. The number of alkyl halides is 3. The van der Waals surface area contributed by atoms with E-state index >= 15 is 0 Å². The maximum absolute atomic E-state index is 12.2. The summed E-state index contributed by atoms with van der Waals surface area (Å²) in [6, 6.07) is 8.43. The van der Waals surface area contributed by atoms with E-state index in [-0.39, 0.29) is 11.3 Å². The number of benzene rings is 2. The van der Waals surface area contributed by atoms with E-state index in [2.05, 4.69) is 15.0 Å². The SMILES string of the molecule is Cc1cc2c(cc1C(=O)O)nc(Nc1ccc(OC(F)(F)F)cc1)n2C. The van der Waals surface area contributed by atoms with Crippen LogP contribution in [0.15, 0.2) is 36.4 Å². The number of rotatable bonds is 4. The molecule has 3 rings (SSSR count). The van der Waals surface area contributed by atoms with Gasteiger partial charge < -0.3 is 19.7 Å². The van der Waals surface area contributed by atoms with Crippen LogP contribution in [0.5, 0.6) is 5.75 Å². The zero-order valence-corrected chi connectivity index (χ0v) is 13.8. The van der Waals surface area contributed by atoms with E-state index in [0.29, 0.717) is 22.7 Å². The van der Waals surface area contributed by atoms with Crippen LogP contribution in [0.1, 0.15) is 15.9 Å². The highest BCUT2D eigenvalue weighted by Crippen LogP contribution is 2.27. The third kappa shape index (κ3) is 3.56. The first-order valence-corrected chi connectivity index (χ1v) is 7.47. The fraction of sp³-hybridized carbons (Fsp3) is 0.176. The van der Waals surface area contributed by atoms with Crippen LogP contribution in [-0.4, -0.2) is 27.0 Å². The highest BCUT2D eigenvalue weighted by atomic mass is 19.4. The Bertz CT molecular complexity index is 979. The number of hydrogen-bond acceptors (Lipinski definition) is 4. The van der Waals surface area contributed by atoms with Crippen LogP contribution in [0.2, 0.25) is 0 Å². The number of fused-ring (bicyclic) bond motifs is 1. The van der Waals surface area contributed by atoms with Gasteiger partial charge in [-0.05, 0) is 48.9 Å². The molecule has 2 N–H and O–H groups in total. The van der Waals surface area contributed by atoms with Gasteiger partial charge in [0.2, 0.25) is 5.95 Å². The van der Waals surface area contributed by atoms with Gasteiger partial charge in [-0.2, -0.15) is 0 Å². The predicted octanol–water partition coefficient (Wildman–Crippen LogP) is 4.22. The van der Waals surface area contributed by atoms with E-state index in [1.807, 2.05) is 0 Å². The van der Waals surface area contributed by atoms with Gasteiger partial charge in [-0.15, -0.1) is 13.2 Å². The Morgan fingerprint density at radius 3 is 2.46 bits per heavy atom. The van der Waals surface area contributed by atoms with Crippen molar-refractivity contribution >= 4 is 28.6 Å². The van der Waals surface area contributed by atoms with E-state index in [4.69, 9.17) is 0 Å². The van der Waals surface area contributed by atoms with Crippen LogP contribution in [0, 0.1) is 6.92 Å². The largest absolute Gasteiger partial charge is 0.573 e. The molecule has 0 saturated carbocycles. The molecule has 0 aliphatic rings. The fourth-order valence-electron chi connectivity index (χ4n) is 2.55. The lowest BCUT2D eigenvalue weighted by molar-refractivity contribution is -0.274. The first-order chi connectivity index (χ1) is 12.1. The number of carboxylic acid groups (broad SMARTS) is 1. The summed E-state index contributed by atoms with van der Waals surface area (Å²) in [5, 5.41) is 12.2. The number of carbonyl (C=O) groups is 1. The number of hydrogen-bond donors (Lipinski definition) is 2. The quantitative estimate of drug-likeness (QED) is 0.724. The van der Waals surface area contributed by atoms with Gasteiger partial charge in [-0.25, -0.2) is 9.78 Å². The minimum Gasteiger partial charge on any atom is -0.478 e. The molecule has 3 aromatic rings. The van der Waals surface area contributed by atoms with Gasteiger partial charge in [-0.3, -0.25) is 0 Å². The average Bonchev–Trinajstić information content (AvgIpc) is 2.83. The third-order valence-corrected chi connectivity index (χ3v) is 3.80. The molecule has 1 heterocycles. The van der Waals surface area contributed by atoms with Crippen LogP contribution in [-0.2, 0) is 7.05 Å². The van der Waals surface area contributed by atoms with Gasteiger partial charge in [0.1, 0.15) is 5.75 Å². The van der Waals surface area contributed by atoms with Crippen LogP contribution >= 0.6 is 0 Å². The summed E-state index contributed by atoms with van der Waals surface area (Å²) in [5.41, 5.74) is 2.50.